The minimum Gasteiger partial charge on any atom is -0.367 e. The minimum absolute atomic E-state index is 0.0889. The molecule has 1 unspecified atom stereocenters. The Morgan fingerprint density at radius 1 is 1.35 bits per heavy atom. The van der Waals surface area contributed by atoms with Crippen molar-refractivity contribution in [2.24, 2.45) is 0 Å². The van der Waals surface area contributed by atoms with Crippen molar-refractivity contribution < 1.29 is 8.78 Å². The fraction of sp³-hybridized carbons (Fsp3) is 0.438. The molecule has 2 heterocycles. The highest BCUT2D eigenvalue weighted by Gasteiger charge is 2.39. The van der Waals surface area contributed by atoms with Gasteiger partial charge in [0.1, 0.15) is 5.82 Å². The molecule has 1 atom stereocenters. The summed E-state index contributed by atoms with van der Waals surface area (Å²) in [6, 6.07) is 3.35. The van der Waals surface area contributed by atoms with Crippen LogP contribution < -0.4 is 5.32 Å². The number of nitrogens with one attached hydrogen (secondary N) is 1. The Labute approximate surface area is 133 Å². The Bertz CT molecular complexity index is 738. The van der Waals surface area contributed by atoms with Crippen molar-refractivity contribution in [3.05, 3.63) is 35.8 Å². The molecule has 0 amide bonds. The maximum absolute atomic E-state index is 13.3. The van der Waals surface area contributed by atoms with E-state index in [0.717, 1.165) is 11.4 Å². The van der Waals surface area contributed by atoms with Crippen molar-refractivity contribution >= 4 is 11.9 Å². The zero-order chi connectivity index (χ0) is 16.6. The topological polar surface area (TPSA) is 55.6 Å². The molecule has 7 heteroatoms. The summed E-state index contributed by atoms with van der Waals surface area (Å²) in [6.07, 6.45) is 1.77. The molecule has 0 aliphatic heterocycles. The number of hydrogen-bond acceptors (Lipinski definition) is 4. The number of hydrogen-bond donors (Lipinski definition) is 1. The monoisotopic (exact) mass is 319 g/mol. The van der Waals surface area contributed by atoms with Crippen molar-refractivity contribution in [2.45, 2.75) is 45.1 Å². The highest BCUT2D eigenvalue weighted by molar-refractivity contribution is 5.51. The van der Waals surface area contributed by atoms with Crippen LogP contribution in [-0.4, -0.2) is 31.7 Å². The summed E-state index contributed by atoms with van der Waals surface area (Å²) in [7, 11) is 0. The first-order valence-corrected chi connectivity index (χ1v) is 7.56. The lowest BCUT2D eigenvalue weighted by Crippen LogP contribution is -2.20. The average Bonchev–Trinajstić information content (AvgIpc) is 3.00. The van der Waals surface area contributed by atoms with E-state index in [0.29, 0.717) is 23.9 Å². The highest BCUT2D eigenvalue weighted by atomic mass is 19.3. The molecule has 0 radical (unpaired) electrons. The molecule has 122 valence electrons. The lowest BCUT2D eigenvalue weighted by atomic mass is 10.2. The predicted molar refractivity (Wildman–Crippen MR) is 84.9 cm³/mol. The van der Waals surface area contributed by atoms with Gasteiger partial charge in [-0.2, -0.15) is 10.1 Å². The van der Waals surface area contributed by atoms with Crippen molar-refractivity contribution in [3.8, 4) is 5.95 Å². The van der Waals surface area contributed by atoms with Crippen molar-refractivity contribution in [3.63, 3.8) is 0 Å². The summed E-state index contributed by atoms with van der Waals surface area (Å²) in [4.78, 5) is 8.81. The van der Waals surface area contributed by atoms with E-state index in [-0.39, 0.29) is 18.9 Å². The Hall–Kier alpha value is -2.31. The lowest BCUT2D eigenvalue weighted by Gasteiger charge is -2.15. The third-order valence-corrected chi connectivity index (χ3v) is 3.90. The Balaban J connectivity index is 1.91. The van der Waals surface area contributed by atoms with Crippen molar-refractivity contribution in [1.82, 2.24) is 19.7 Å². The first-order valence-electron chi connectivity index (χ1n) is 7.56. The van der Waals surface area contributed by atoms with Crippen LogP contribution in [0.5, 0.6) is 0 Å². The van der Waals surface area contributed by atoms with Gasteiger partial charge in [0.2, 0.25) is 5.92 Å². The van der Waals surface area contributed by atoms with Gasteiger partial charge in [-0.1, -0.05) is 6.58 Å². The molecule has 2 aromatic heterocycles. The van der Waals surface area contributed by atoms with Crippen LogP contribution in [0.1, 0.15) is 36.3 Å². The van der Waals surface area contributed by atoms with E-state index in [4.69, 9.17) is 0 Å². The molecule has 2 aromatic rings. The number of aromatic nitrogens is 4. The fourth-order valence-electron chi connectivity index (χ4n) is 2.84. The normalized spacial score (nSPS) is 19.7. The van der Waals surface area contributed by atoms with E-state index in [2.05, 4.69) is 27.0 Å². The van der Waals surface area contributed by atoms with Gasteiger partial charge in [0.05, 0.1) is 11.4 Å². The fourth-order valence-corrected chi connectivity index (χ4v) is 2.84. The molecule has 0 saturated heterocycles. The van der Waals surface area contributed by atoms with Crippen LogP contribution in [0.4, 0.5) is 14.6 Å². The maximum Gasteiger partial charge on any atom is 0.253 e. The Morgan fingerprint density at radius 2 is 2.13 bits per heavy atom. The summed E-state index contributed by atoms with van der Waals surface area (Å²) in [5.41, 5.74) is 2.39. The van der Waals surface area contributed by atoms with Crippen molar-refractivity contribution in [1.29, 1.82) is 0 Å². The van der Waals surface area contributed by atoms with Crippen LogP contribution in [0.15, 0.2) is 18.7 Å². The number of rotatable bonds is 4. The van der Waals surface area contributed by atoms with E-state index >= 15 is 0 Å². The largest absolute Gasteiger partial charge is 0.367 e. The van der Waals surface area contributed by atoms with E-state index in [1.165, 1.54) is 0 Å². The first kappa shape index (κ1) is 15.6. The van der Waals surface area contributed by atoms with Crippen molar-refractivity contribution in [2.75, 3.05) is 5.32 Å². The summed E-state index contributed by atoms with van der Waals surface area (Å²) in [5.74, 6) is -1.68. The molecular weight excluding hydrogens is 300 g/mol. The average molecular weight is 319 g/mol. The Kier molecular flexibility index (Phi) is 3.87. The van der Waals surface area contributed by atoms with Gasteiger partial charge in [0.15, 0.2) is 0 Å². The molecule has 5 nitrogen and oxygen atoms in total. The first-order chi connectivity index (χ1) is 10.9. The molecule has 1 aliphatic carbocycles. The molecule has 1 N–H and O–H groups in total. The summed E-state index contributed by atoms with van der Waals surface area (Å²) < 4.78 is 28.3. The van der Waals surface area contributed by atoms with Crippen LogP contribution in [-0.2, 0) is 0 Å². The van der Waals surface area contributed by atoms with Gasteiger partial charge in [-0.05, 0) is 32.4 Å². The molecule has 0 bridgehead atoms. The molecule has 0 aromatic carbocycles. The minimum atomic E-state index is -2.59. The van der Waals surface area contributed by atoms with Crippen LogP contribution in [0.25, 0.3) is 12.0 Å². The summed E-state index contributed by atoms with van der Waals surface area (Å²) >= 11 is 0. The van der Waals surface area contributed by atoms with Gasteiger partial charge < -0.3 is 5.32 Å². The zero-order valence-corrected chi connectivity index (χ0v) is 13.2. The van der Waals surface area contributed by atoms with Crippen LogP contribution in [0.3, 0.4) is 0 Å². The number of halogens is 2. The lowest BCUT2D eigenvalue weighted by molar-refractivity contribution is 0.00852. The number of alkyl halides is 2. The second-order valence-electron chi connectivity index (χ2n) is 5.96. The molecule has 3 rings (SSSR count). The molecule has 1 aliphatic rings. The number of anilines is 1. The third-order valence-electron chi connectivity index (χ3n) is 3.90. The summed E-state index contributed by atoms with van der Waals surface area (Å²) in [6.45, 7) is 7.52. The molecule has 1 saturated carbocycles. The molecule has 0 spiro atoms. The van der Waals surface area contributed by atoms with E-state index in [1.54, 1.807) is 16.8 Å². The third kappa shape index (κ3) is 3.38. The van der Waals surface area contributed by atoms with Gasteiger partial charge in [-0.25, -0.2) is 18.4 Å². The predicted octanol–water partition coefficient (Wildman–Crippen LogP) is 3.52. The second-order valence-corrected chi connectivity index (χ2v) is 5.96. The van der Waals surface area contributed by atoms with Gasteiger partial charge in [0, 0.05) is 30.6 Å². The zero-order valence-electron chi connectivity index (χ0n) is 13.2. The molecular formula is C16H19F2N5. The van der Waals surface area contributed by atoms with Crippen LogP contribution in [0, 0.1) is 13.8 Å². The van der Waals surface area contributed by atoms with E-state index in [9.17, 15) is 8.78 Å². The summed E-state index contributed by atoms with van der Waals surface area (Å²) in [5, 5.41) is 7.45. The SMILES string of the molecule is C=Cc1cc(NC2CCC(F)(F)C2)nc(-n2nc(C)cc2C)n1. The molecule has 1 fully saturated rings. The van der Waals surface area contributed by atoms with Gasteiger partial charge in [0.25, 0.3) is 5.95 Å². The second kappa shape index (κ2) is 5.72. The van der Waals surface area contributed by atoms with E-state index in [1.807, 2.05) is 19.9 Å². The highest BCUT2D eigenvalue weighted by Crippen LogP contribution is 2.36. The van der Waals surface area contributed by atoms with Crippen LogP contribution in [0.2, 0.25) is 0 Å². The molecule has 23 heavy (non-hydrogen) atoms. The van der Waals surface area contributed by atoms with E-state index < -0.39 is 5.92 Å². The number of nitrogens with zero attached hydrogens (tertiary/aromatic N) is 4. The van der Waals surface area contributed by atoms with Gasteiger partial charge in [-0.15, -0.1) is 0 Å². The van der Waals surface area contributed by atoms with Gasteiger partial charge >= 0.3 is 0 Å². The maximum atomic E-state index is 13.3. The Morgan fingerprint density at radius 3 is 2.70 bits per heavy atom. The van der Waals surface area contributed by atoms with Gasteiger partial charge in [-0.3, -0.25) is 0 Å². The van der Waals surface area contributed by atoms with Crippen LogP contribution >= 0.6 is 0 Å². The smallest absolute Gasteiger partial charge is 0.253 e. The number of aryl methyl sites for hydroxylation is 2. The quantitative estimate of drug-likeness (QED) is 0.937. The standard InChI is InChI=1S/C16H19F2N5/c1-4-12-8-14(19-13-5-6-16(17,18)9-13)21-15(20-12)23-11(3)7-10(2)22-23/h4,7-8,13H,1,5-6,9H2,2-3H3,(H,19,20,21).